The van der Waals surface area contributed by atoms with Crippen molar-refractivity contribution in [1.29, 1.82) is 0 Å². The molecule has 0 N–H and O–H groups in total. The molecule has 1 saturated carbocycles. The summed E-state index contributed by atoms with van der Waals surface area (Å²) in [6, 6.07) is 13.9. The Morgan fingerprint density at radius 3 is 2.62 bits per heavy atom. The smallest absolute Gasteiger partial charge is 0.256 e. The summed E-state index contributed by atoms with van der Waals surface area (Å²) in [6.07, 6.45) is 4.36. The van der Waals surface area contributed by atoms with Crippen LogP contribution in [0.25, 0.3) is 0 Å². The molecule has 0 spiro atoms. The van der Waals surface area contributed by atoms with Crippen LogP contribution in [-0.2, 0) is 6.54 Å². The van der Waals surface area contributed by atoms with Gasteiger partial charge in [-0.1, -0.05) is 42.1 Å². The largest absolute Gasteiger partial charge is 0.493 e. The molecular weight excluding hydrogens is 344 g/mol. The van der Waals surface area contributed by atoms with E-state index in [1.54, 1.807) is 22.4 Å². The van der Waals surface area contributed by atoms with Crippen molar-refractivity contribution in [3.63, 3.8) is 0 Å². The number of ether oxygens (including phenoxy) is 1. The summed E-state index contributed by atoms with van der Waals surface area (Å²) < 4.78 is 7.55. The Kier molecular flexibility index (Phi) is 4.81. The van der Waals surface area contributed by atoms with Gasteiger partial charge in [0, 0.05) is 29.4 Å². The molecule has 1 aliphatic heterocycles. The maximum atomic E-state index is 12.7. The predicted octanol–water partition coefficient (Wildman–Crippen LogP) is 4.59. The Labute approximate surface area is 158 Å². The molecule has 4 nitrogen and oxygen atoms in total. The van der Waals surface area contributed by atoms with E-state index in [0.717, 1.165) is 13.2 Å². The zero-order chi connectivity index (χ0) is 18.1. The summed E-state index contributed by atoms with van der Waals surface area (Å²) >= 11 is 1.73. The normalized spacial score (nSPS) is 19.9. The van der Waals surface area contributed by atoms with Gasteiger partial charge in [-0.2, -0.15) is 0 Å². The molecule has 1 aromatic carbocycles. The Morgan fingerprint density at radius 2 is 1.92 bits per heavy atom. The third-order valence-corrected chi connectivity index (χ3v) is 6.37. The van der Waals surface area contributed by atoms with Gasteiger partial charge in [0.05, 0.1) is 6.61 Å². The van der Waals surface area contributed by atoms with Gasteiger partial charge in [-0.25, -0.2) is 0 Å². The Bertz CT molecular complexity index is 871. The lowest BCUT2D eigenvalue weighted by Gasteiger charge is -2.29. The van der Waals surface area contributed by atoms with Gasteiger partial charge in [-0.15, -0.1) is 0 Å². The zero-order valence-corrected chi connectivity index (χ0v) is 16.0. The van der Waals surface area contributed by atoms with Gasteiger partial charge in [0.2, 0.25) is 0 Å². The van der Waals surface area contributed by atoms with E-state index in [-0.39, 0.29) is 11.1 Å². The SMILES string of the molecule is CC1=C(C)N(Cc2ccccc2)C(n2ccc(OCC3CC3)cc2=O)S1. The molecule has 1 aromatic heterocycles. The van der Waals surface area contributed by atoms with E-state index in [2.05, 4.69) is 43.0 Å². The number of aromatic nitrogens is 1. The molecule has 4 rings (SSSR count). The van der Waals surface area contributed by atoms with Crippen LogP contribution in [0.4, 0.5) is 0 Å². The van der Waals surface area contributed by atoms with Crippen LogP contribution in [0.5, 0.6) is 5.75 Å². The average molecular weight is 369 g/mol. The summed E-state index contributed by atoms with van der Waals surface area (Å²) in [5.41, 5.74) is 2.39. The fourth-order valence-corrected chi connectivity index (χ4v) is 4.35. The zero-order valence-electron chi connectivity index (χ0n) is 15.2. The van der Waals surface area contributed by atoms with Crippen molar-refractivity contribution in [2.24, 2.45) is 5.92 Å². The van der Waals surface area contributed by atoms with Gasteiger partial charge < -0.3 is 9.64 Å². The van der Waals surface area contributed by atoms with Gasteiger partial charge >= 0.3 is 0 Å². The van der Waals surface area contributed by atoms with Crippen molar-refractivity contribution in [3.8, 4) is 5.75 Å². The minimum Gasteiger partial charge on any atom is -0.493 e. The minimum absolute atomic E-state index is 0.0173. The summed E-state index contributed by atoms with van der Waals surface area (Å²) in [7, 11) is 0. The Morgan fingerprint density at radius 1 is 1.15 bits per heavy atom. The second-order valence-electron chi connectivity index (χ2n) is 7.06. The van der Waals surface area contributed by atoms with Crippen molar-refractivity contribution in [3.05, 3.63) is 75.2 Å². The summed E-state index contributed by atoms with van der Waals surface area (Å²) in [4.78, 5) is 16.3. The van der Waals surface area contributed by atoms with Crippen LogP contribution in [0.15, 0.2) is 64.1 Å². The molecule has 136 valence electrons. The molecule has 2 aliphatic rings. The van der Waals surface area contributed by atoms with Crippen molar-refractivity contribution in [2.75, 3.05) is 6.61 Å². The number of pyridine rings is 1. The highest BCUT2D eigenvalue weighted by molar-refractivity contribution is 8.03. The summed E-state index contributed by atoms with van der Waals surface area (Å²) in [5.74, 6) is 1.36. The quantitative estimate of drug-likeness (QED) is 0.747. The topological polar surface area (TPSA) is 34.5 Å². The third-order valence-electron chi connectivity index (χ3n) is 5.03. The summed E-state index contributed by atoms with van der Waals surface area (Å²) in [6.45, 7) is 5.76. The van der Waals surface area contributed by atoms with E-state index in [9.17, 15) is 4.79 Å². The maximum absolute atomic E-state index is 12.7. The molecule has 26 heavy (non-hydrogen) atoms. The highest BCUT2D eigenvalue weighted by Gasteiger charge is 2.30. The molecule has 1 aliphatic carbocycles. The van der Waals surface area contributed by atoms with E-state index in [4.69, 9.17) is 4.74 Å². The first-order chi connectivity index (χ1) is 12.6. The second-order valence-corrected chi connectivity index (χ2v) is 8.33. The van der Waals surface area contributed by atoms with Crippen LogP contribution in [0.3, 0.4) is 0 Å². The number of allylic oxidation sites excluding steroid dienone is 2. The van der Waals surface area contributed by atoms with Crippen LogP contribution < -0.4 is 10.3 Å². The van der Waals surface area contributed by atoms with Gasteiger partial charge in [-0.05, 0) is 44.2 Å². The van der Waals surface area contributed by atoms with Crippen LogP contribution in [0, 0.1) is 5.92 Å². The molecule has 1 atom stereocenters. The van der Waals surface area contributed by atoms with E-state index < -0.39 is 0 Å². The number of thioether (sulfide) groups is 1. The highest BCUT2D eigenvalue weighted by atomic mass is 32.2. The molecule has 2 aromatic rings. The summed E-state index contributed by atoms with van der Waals surface area (Å²) in [5, 5.41) is 0. The van der Waals surface area contributed by atoms with Crippen LogP contribution in [-0.4, -0.2) is 16.1 Å². The molecule has 2 heterocycles. The number of nitrogens with zero attached hydrogens (tertiary/aromatic N) is 2. The standard InChI is InChI=1S/C21H24N2O2S/c1-15-16(2)26-21(23(15)13-17-6-4-3-5-7-17)22-11-10-19(12-20(22)24)25-14-18-8-9-18/h3-7,10-12,18,21H,8-9,13-14H2,1-2H3. The fourth-order valence-electron chi connectivity index (χ4n) is 3.10. The van der Waals surface area contributed by atoms with Gasteiger partial charge in [0.1, 0.15) is 5.75 Å². The lowest BCUT2D eigenvalue weighted by Crippen LogP contribution is -2.32. The highest BCUT2D eigenvalue weighted by Crippen LogP contribution is 2.44. The molecule has 0 bridgehead atoms. The van der Waals surface area contributed by atoms with Gasteiger partial charge in [0.15, 0.2) is 5.50 Å². The van der Waals surface area contributed by atoms with Crippen LogP contribution >= 0.6 is 11.8 Å². The van der Waals surface area contributed by atoms with E-state index in [0.29, 0.717) is 11.7 Å². The van der Waals surface area contributed by atoms with Crippen LogP contribution in [0.1, 0.15) is 37.8 Å². The number of rotatable bonds is 6. The Balaban J connectivity index is 1.55. The Hall–Kier alpha value is -2.14. The number of benzene rings is 1. The first-order valence-electron chi connectivity index (χ1n) is 9.11. The predicted molar refractivity (Wildman–Crippen MR) is 106 cm³/mol. The lowest BCUT2D eigenvalue weighted by molar-refractivity contribution is 0.261. The lowest BCUT2D eigenvalue weighted by atomic mass is 10.2. The maximum Gasteiger partial charge on any atom is 0.256 e. The number of hydrogen-bond acceptors (Lipinski definition) is 4. The van der Waals surface area contributed by atoms with Crippen molar-refractivity contribution in [1.82, 2.24) is 9.47 Å². The molecular formula is C21H24N2O2S. The first-order valence-corrected chi connectivity index (χ1v) is 9.99. The molecule has 0 radical (unpaired) electrons. The van der Waals surface area contributed by atoms with E-state index >= 15 is 0 Å². The van der Waals surface area contributed by atoms with Crippen molar-refractivity contribution in [2.45, 2.75) is 38.7 Å². The molecule has 0 amide bonds. The monoisotopic (exact) mass is 368 g/mol. The van der Waals surface area contributed by atoms with E-state index in [1.807, 2.05) is 18.3 Å². The van der Waals surface area contributed by atoms with Crippen LogP contribution in [0.2, 0.25) is 0 Å². The van der Waals surface area contributed by atoms with Crippen molar-refractivity contribution >= 4 is 11.8 Å². The van der Waals surface area contributed by atoms with E-state index in [1.165, 1.54) is 29.0 Å². The van der Waals surface area contributed by atoms with Gasteiger partial charge in [0.25, 0.3) is 5.56 Å². The molecule has 1 unspecified atom stereocenters. The average Bonchev–Trinajstić information content (AvgIpc) is 3.43. The second kappa shape index (κ2) is 7.23. The first kappa shape index (κ1) is 17.3. The van der Waals surface area contributed by atoms with Crippen molar-refractivity contribution < 1.29 is 4.74 Å². The molecule has 1 fully saturated rings. The number of hydrogen-bond donors (Lipinski definition) is 0. The molecule has 5 heteroatoms. The fraction of sp³-hybridized carbons (Fsp3) is 0.381. The minimum atomic E-state index is -0.0554. The van der Waals surface area contributed by atoms with Gasteiger partial charge in [-0.3, -0.25) is 9.36 Å². The third kappa shape index (κ3) is 3.68. The molecule has 0 saturated heterocycles.